The molecule has 1 aromatic rings. The van der Waals surface area contributed by atoms with Crippen LogP contribution in [-0.4, -0.2) is 55.6 Å². The molecule has 1 aliphatic carbocycles. The molecule has 114 valence electrons. The lowest BCUT2D eigenvalue weighted by Crippen LogP contribution is -2.35. The van der Waals surface area contributed by atoms with Gasteiger partial charge in [0.15, 0.2) is 0 Å². The zero-order valence-electron chi connectivity index (χ0n) is 12.8. The van der Waals surface area contributed by atoms with E-state index in [9.17, 15) is 0 Å². The SMILES string of the molecule is CNC(c1c(Cl)cnn1CCN(C)C)C(OC)C1CC1. The molecule has 1 heterocycles. The second kappa shape index (κ2) is 6.89. The smallest absolute Gasteiger partial charge is 0.0835 e. The average Bonchev–Trinajstić information content (AvgIpc) is 3.18. The van der Waals surface area contributed by atoms with Gasteiger partial charge in [-0.1, -0.05) is 11.6 Å². The van der Waals surface area contributed by atoms with Gasteiger partial charge in [0.2, 0.25) is 0 Å². The van der Waals surface area contributed by atoms with Crippen LogP contribution in [0, 0.1) is 5.92 Å². The molecular weight excluding hydrogens is 276 g/mol. The number of likely N-dealkylation sites (N-methyl/N-ethyl adjacent to an activating group) is 2. The van der Waals surface area contributed by atoms with E-state index in [1.165, 1.54) is 12.8 Å². The van der Waals surface area contributed by atoms with Crippen LogP contribution in [0.1, 0.15) is 24.6 Å². The molecule has 2 atom stereocenters. The van der Waals surface area contributed by atoms with Gasteiger partial charge in [0.25, 0.3) is 0 Å². The number of ether oxygens (including phenoxy) is 1. The van der Waals surface area contributed by atoms with Crippen LogP contribution in [0.25, 0.3) is 0 Å². The van der Waals surface area contributed by atoms with E-state index in [4.69, 9.17) is 16.3 Å². The van der Waals surface area contributed by atoms with E-state index in [-0.39, 0.29) is 12.1 Å². The van der Waals surface area contributed by atoms with Gasteiger partial charge in [-0.25, -0.2) is 0 Å². The van der Waals surface area contributed by atoms with Crippen molar-refractivity contribution in [3.63, 3.8) is 0 Å². The highest BCUT2D eigenvalue weighted by molar-refractivity contribution is 6.31. The first-order valence-electron chi connectivity index (χ1n) is 7.14. The fraction of sp³-hybridized carbons (Fsp3) is 0.786. The highest BCUT2D eigenvalue weighted by atomic mass is 35.5. The van der Waals surface area contributed by atoms with E-state index >= 15 is 0 Å². The molecular formula is C14H25ClN4O. The molecule has 1 saturated carbocycles. The Morgan fingerprint density at radius 3 is 2.75 bits per heavy atom. The summed E-state index contributed by atoms with van der Waals surface area (Å²) in [7, 11) is 7.85. The summed E-state index contributed by atoms with van der Waals surface area (Å²) in [6, 6.07) is 0.0877. The Morgan fingerprint density at radius 1 is 1.55 bits per heavy atom. The molecule has 5 nitrogen and oxygen atoms in total. The maximum absolute atomic E-state index is 6.37. The van der Waals surface area contributed by atoms with E-state index < -0.39 is 0 Å². The molecule has 20 heavy (non-hydrogen) atoms. The van der Waals surface area contributed by atoms with Gasteiger partial charge in [0.1, 0.15) is 0 Å². The Bertz CT molecular complexity index is 431. The average molecular weight is 301 g/mol. The summed E-state index contributed by atoms with van der Waals surface area (Å²) in [6.45, 7) is 1.76. The van der Waals surface area contributed by atoms with Crippen LogP contribution in [0.5, 0.6) is 0 Å². The quantitative estimate of drug-likeness (QED) is 0.795. The fourth-order valence-electron chi connectivity index (χ4n) is 2.64. The second-order valence-electron chi connectivity index (χ2n) is 5.71. The molecule has 6 heteroatoms. The number of halogens is 1. The third-order valence-corrected chi connectivity index (χ3v) is 4.18. The van der Waals surface area contributed by atoms with Crippen LogP contribution in [0.3, 0.4) is 0 Å². The van der Waals surface area contributed by atoms with Crippen molar-refractivity contribution in [3.8, 4) is 0 Å². The first-order valence-corrected chi connectivity index (χ1v) is 7.52. The minimum atomic E-state index is 0.0877. The van der Waals surface area contributed by atoms with Gasteiger partial charge < -0.3 is 15.0 Å². The highest BCUT2D eigenvalue weighted by Gasteiger charge is 2.39. The lowest BCUT2D eigenvalue weighted by atomic mass is 10.0. The van der Waals surface area contributed by atoms with E-state index in [1.807, 2.05) is 11.7 Å². The molecule has 1 aromatic heterocycles. The van der Waals surface area contributed by atoms with Gasteiger partial charge in [0, 0.05) is 13.7 Å². The maximum Gasteiger partial charge on any atom is 0.0835 e. The Hall–Kier alpha value is -0.620. The monoisotopic (exact) mass is 300 g/mol. The predicted molar refractivity (Wildman–Crippen MR) is 81.1 cm³/mol. The first-order chi connectivity index (χ1) is 9.58. The number of nitrogens with one attached hydrogen (secondary N) is 1. The van der Waals surface area contributed by atoms with Crippen molar-refractivity contribution in [2.24, 2.45) is 5.92 Å². The topological polar surface area (TPSA) is 42.3 Å². The van der Waals surface area contributed by atoms with Crippen molar-refractivity contribution in [1.82, 2.24) is 20.0 Å². The number of hydrogen-bond acceptors (Lipinski definition) is 4. The molecule has 0 saturated heterocycles. The molecule has 0 aliphatic heterocycles. The molecule has 0 spiro atoms. The van der Waals surface area contributed by atoms with Crippen molar-refractivity contribution in [2.45, 2.75) is 31.5 Å². The van der Waals surface area contributed by atoms with Crippen LogP contribution in [0.2, 0.25) is 5.02 Å². The summed E-state index contributed by atoms with van der Waals surface area (Å²) in [5.41, 5.74) is 1.04. The summed E-state index contributed by atoms with van der Waals surface area (Å²) < 4.78 is 7.71. The number of nitrogens with zero attached hydrogens (tertiary/aromatic N) is 3. The number of aromatic nitrogens is 2. The van der Waals surface area contributed by atoms with Crippen molar-refractivity contribution < 1.29 is 4.74 Å². The Morgan fingerprint density at radius 2 is 2.25 bits per heavy atom. The van der Waals surface area contributed by atoms with Gasteiger partial charge >= 0.3 is 0 Å². The van der Waals surface area contributed by atoms with Crippen LogP contribution in [0.4, 0.5) is 0 Å². The molecule has 2 rings (SSSR count). The summed E-state index contributed by atoms with van der Waals surface area (Å²) in [5.74, 6) is 0.630. The van der Waals surface area contributed by atoms with E-state index in [2.05, 4.69) is 29.4 Å². The normalized spacial score (nSPS) is 18.5. The zero-order valence-corrected chi connectivity index (χ0v) is 13.5. The molecule has 1 N–H and O–H groups in total. The standard InChI is InChI=1S/C14H25ClN4O/c1-16-12(14(20-4)10-5-6-10)13-11(15)9-17-19(13)8-7-18(2)3/h9-10,12,14,16H,5-8H2,1-4H3. The number of methoxy groups -OCH3 is 1. The Kier molecular flexibility index (Phi) is 5.43. The van der Waals surface area contributed by atoms with E-state index in [0.717, 1.165) is 18.8 Å². The lowest BCUT2D eigenvalue weighted by molar-refractivity contribution is 0.0502. The predicted octanol–water partition coefficient (Wildman–Crippen LogP) is 1.78. The third-order valence-electron chi connectivity index (χ3n) is 3.89. The Labute approximate surface area is 126 Å². The first kappa shape index (κ1) is 15.8. The molecule has 0 bridgehead atoms. The minimum Gasteiger partial charge on any atom is -0.379 e. The van der Waals surface area contributed by atoms with Crippen molar-refractivity contribution >= 4 is 11.6 Å². The second-order valence-corrected chi connectivity index (χ2v) is 6.12. The van der Waals surface area contributed by atoms with Gasteiger partial charge in [-0.2, -0.15) is 5.10 Å². The van der Waals surface area contributed by atoms with Crippen molar-refractivity contribution in [1.29, 1.82) is 0 Å². The Balaban J connectivity index is 2.21. The molecule has 2 unspecified atom stereocenters. The molecule has 1 aliphatic rings. The third kappa shape index (κ3) is 3.52. The van der Waals surface area contributed by atoms with Crippen molar-refractivity contribution in [3.05, 3.63) is 16.9 Å². The van der Waals surface area contributed by atoms with Gasteiger partial charge in [-0.15, -0.1) is 0 Å². The fourth-order valence-corrected chi connectivity index (χ4v) is 2.89. The van der Waals surface area contributed by atoms with Crippen LogP contribution < -0.4 is 5.32 Å². The molecule has 1 fully saturated rings. The van der Waals surface area contributed by atoms with Crippen LogP contribution in [-0.2, 0) is 11.3 Å². The summed E-state index contributed by atoms with van der Waals surface area (Å²) in [4.78, 5) is 2.14. The van der Waals surface area contributed by atoms with Crippen LogP contribution >= 0.6 is 11.6 Å². The zero-order chi connectivity index (χ0) is 14.7. The van der Waals surface area contributed by atoms with E-state index in [1.54, 1.807) is 13.3 Å². The number of hydrogen-bond donors (Lipinski definition) is 1. The summed E-state index contributed by atoms with van der Waals surface area (Å²) in [5, 5.41) is 8.49. The van der Waals surface area contributed by atoms with Gasteiger partial charge in [0.05, 0.1) is 35.6 Å². The van der Waals surface area contributed by atoms with Crippen molar-refractivity contribution in [2.75, 3.05) is 34.8 Å². The maximum atomic E-state index is 6.37. The minimum absolute atomic E-state index is 0.0877. The summed E-state index contributed by atoms with van der Waals surface area (Å²) >= 11 is 6.37. The van der Waals surface area contributed by atoms with E-state index in [0.29, 0.717) is 10.9 Å². The molecule has 0 amide bonds. The van der Waals surface area contributed by atoms with Gasteiger partial charge in [-0.3, -0.25) is 4.68 Å². The highest BCUT2D eigenvalue weighted by Crippen LogP contribution is 2.40. The summed E-state index contributed by atoms with van der Waals surface area (Å²) in [6.07, 6.45) is 4.36. The largest absolute Gasteiger partial charge is 0.379 e. The van der Waals surface area contributed by atoms with Gasteiger partial charge in [-0.05, 0) is 39.9 Å². The molecule has 0 radical (unpaired) electrons. The molecule has 0 aromatic carbocycles. The number of rotatable bonds is 8. The van der Waals surface area contributed by atoms with Crippen LogP contribution in [0.15, 0.2) is 6.20 Å². The lowest BCUT2D eigenvalue weighted by Gasteiger charge is -2.27.